The van der Waals surface area contributed by atoms with Crippen molar-refractivity contribution in [3.05, 3.63) is 46.8 Å². The molecule has 142 valence electrons. The summed E-state index contributed by atoms with van der Waals surface area (Å²) in [6, 6.07) is 7.68. The highest BCUT2D eigenvalue weighted by Crippen LogP contribution is 2.32. The summed E-state index contributed by atoms with van der Waals surface area (Å²) in [5.41, 5.74) is 4.55. The lowest BCUT2D eigenvalue weighted by atomic mass is 9.87. The summed E-state index contributed by atoms with van der Waals surface area (Å²) in [4.78, 5) is 17.7. The molecular formula is C21H26N4O2. The predicted octanol–water partition coefficient (Wildman–Crippen LogP) is 4.14. The van der Waals surface area contributed by atoms with Crippen molar-refractivity contribution in [2.75, 3.05) is 12.4 Å². The van der Waals surface area contributed by atoms with E-state index in [4.69, 9.17) is 4.74 Å². The number of nitrogens with one attached hydrogen (secondary N) is 1. The lowest BCUT2D eigenvalue weighted by molar-refractivity contribution is 0.102. The molecule has 1 N–H and O–H groups in total. The van der Waals surface area contributed by atoms with Gasteiger partial charge in [0.1, 0.15) is 5.75 Å². The van der Waals surface area contributed by atoms with Crippen LogP contribution in [0.25, 0.3) is 11.0 Å². The Morgan fingerprint density at radius 1 is 1.19 bits per heavy atom. The van der Waals surface area contributed by atoms with Crippen molar-refractivity contribution >= 4 is 22.6 Å². The summed E-state index contributed by atoms with van der Waals surface area (Å²) in [5.74, 6) is 0.423. The number of benzene rings is 1. The van der Waals surface area contributed by atoms with Gasteiger partial charge in [0.25, 0.3) is 5.91 Å². The van der Waals surface area contributed by atoms with Gasteiger partial charge in [0, 0.05) is 12.7 Å². The van der Waals surface area contributed by atoms with Crippen molar-refractivity contribution in [1.29, 1.82) is 0 Å². The van der Waals surface area contributed by atoms with Crippen molar-refractivity contribution in [2.24, 2.45) is 7.05 Å². The second kappa shape index (κ2) is 6.68. The van der Waals surface area contributed by atoms with Crippen LogP contribution in [-0.4, -0.2) is 27.8 Å². The molecule has 0 fully saturated rings. The van der Waals surface area contributed by atoms with E-state index in [1.165, 1.54) is 0 Å². The van der Waals surface area contributed by atoms with E-state index in [1.807, 2.05) is 39.1 Å². The molecule has 3 rings (SSSR count). The maximum absolute atomic E-state index is 13.1. The highest BCUT2D eigenvalue weighted by atomic mass is 16.5. The van der Waals surface area contributed by atoms with Crippen molar-refractivity contribution in [2.45, 2.75) is 40.0 Å². The number of hydrogen-bond acceptors (Lipinski definition) is 4. The van der Waals surface area contributed by atoms with E-state index < -0.39 is 0 Å². The van der Waals surface area contributed by atoms with E-state index in [1.54, 1.807) is 17.9 Å². The van der Waals surface area contributed by atoms with Crippen molar-refractivity contribution in [1.82, 2.24) is 14.8 Å². The first kappa shape index (κ1) is 18.9. The summed E-state index contributed by atoms with van der Waals surface area (Å²) in [5, 5.41) is 8.20. The fourth-order valence-electron chi connectivity index (χ4n) is 3.21. The lowest BCUT2D eigenvalue weighted by Gasteiger charge is -2.21. The molecule has 1 amide bonds. The van der Waals surface area contributed by atoms with Gasteiger partial charge in [-0.3, -0.25) is 9.48 Å². The number of aromatic nitrogens is 3. The van der Waals surface area contributed by atoms with Crippen LogP contribution in [-0.2, 0) is 12.5 Å². The van der Waals surface area contributed by atoms with Crippen LogP contribution in [0.15, 0.2) is 24.3 Å². The van der Waals surface area contributed by atoms with Gasteiger partial charge >= 0.3 is 0 Å². The summed E-state index contributed by atoms with van der Waals surface area (Å²) in [6.07, 6.45) is 0. The average Bonchev–Trinajstić information content (AvgIpc) is 2.87. The Morgan fingerprint density at radius 3 is 2.52 bits per heavy atom. The van der Waals surface area contributed by atoms with Crippen molar-refractivity contribution in [3.8, 4) is 5.75 Å². The van der Waals surface area contributed by atoms with E-state index in [9.17, 15) is 4.79 Å². The fraction of sp³-hybridized carbons (Fsp3) is 0.381. The van der Waals surface area contributed by atoms with Gasteiger partial charge in [0.15, 0.2) is 5.65 Å². The maximum atomic E-state index is 13.1. The number of amides is 1. The molecule has 0 atom stereocenters. The van der Waals surface area contributed by atoms with Gasteiger partial charge in [-0.25, -0.2) is 4.98 Å². The minimum absolute atomic E-state index is 0.0355. The van der Waals surface area contributed by atoms with Crippen LogP contribution in [0, 0.1) is 13.8 Å². The zero-order chi connectivity index (χ0) is 19.9. The topological polar surface area (TPSA) is 69.0 Å². The Kier molecular flexibility index (Phi) is 4.68. The number of hydrogen-bond donors (Lipinski definition) is 1. The molecule has 0 unspecified atom stereocenters. The standard InChI is InChI=1S/C21H26N4O2/c1-12-10-15(18-13(2)24-25(6)19(18)22-12)20(26)23-16-11-14(21(3,4)5)8-9-17(16)27-7/h8-11H,1-7H3,(H,23,26). The van der Waals surface area contributed by atoms with Crippen LogP contribution in [0.1, 0.15) is 48.1 Å². The first-order valence-electron chi connectivity index (χ1n) is 8.92. The van der Waals surface area contributed by atoms with E-state index in [0.717, 1.165) is 22.3 Å². The van der Waals surface area contributed by atoms with Crippen LogP contribution < -0.4 is 10.1 Å². The minimum atomic E-state index is -0.203. The van der Waals surface area contributed by atoms with Gasteiger partial charge in [0.2, 0.25) is 0 Å². The van der Waals surface area contributed by atoms with E-state index >= 15 is 0 Å². The molecule has 0 saturated heterocycles. The highest BCUT2D eigenvalue weighted by molar-refractivity contribution is 6.13. The number of ether oxygens (including phenoxy) is 1. The van der Waals surface area contributed by atoms with Gasteiger partial charge in [-0.2, -0.15) is 5.10 Å². The number of methoxy groups -OCH3 is 1. The molecule has 0 saturated carbocycles. The number of aryl methyl sites for hydroxylation is 3. The third-order valence-corrected chi connectivity index (χ3v) is 4.66. The van der Waals surface area contributed by atoms with E-state index in [-0.39, 0.29) is 11.3 Å². The number of carbonyl (C=O) groups excluding carboxylic acids is 1. The zero-order valence-corrected chi connectivity index (χ0v) is 17.0. The highest BCUT2D eigenvalue weighted by Gasteiger charge is 2.21. The van der Waals surface area contributed by atoms with Crippen LogP contribution >= 0.6 is 0 Å². The van der Waals surface area contributed by atoms with Gasteiger partial charge in [-0.1, -0.05) is 26.8 Å². The molecule has 0 radical (unpaired) electrons. The second-order valence-corrected chi connectivity index (χ2v) is 7.84. The Labute approximate surface area is 159 Å². The molecule has 0 aliphatic heterocycles. The number of carbonyl (C=O) groups is 1. The van der Waals surface area contributed by atoms with Gasteiger partial charge in [0.05, 0.1) is 29.4 Å². The SMILES string of the molecule is COc1ccc(C(C)(C)C)cc1NC(=O)c1cc(C)nc2c1c(C)nn2C. The molecule has 2 heterocycles. The monoisotopic (exact) mass is 366 g/mol. The van der Waals surface area contributed by atoms with Crippen LogP contribution in [0.5, 0.6) is 5.75 Å². The molecule has 1 aromatic carbocycles. The molecule has 0 bridgehead atoms. The number of fused-ring (bicyclic) bond motifs is 1. The van der Waals surface area contributed by atoms with Gasteiger partial charge in [-0.05, 0) is 43.0 Å². The Morgan fingerprint density at radius 2 is 1.89 bits per heavy atom. The molecule has 6 heteroatoms. The Balaban J connectivity index is 2.08. The Bertz CT molecular complexity index is 1030. The number of pyridine rings is 1. The predicted molar refractivity (Wildman–Crippen MR) is 108 cm³/mol. The molecular weight excluding hydrogens is 340 g/mol. The third kappa shape index (κ3) is 3.52. The van der Waals surface area contributed by atoms with Crippen molar-refractivity contribution < 1.29 is 9.53 Å². The molecule has 3 aromatic rings. The maximum Gasteiger partial charge on any atom is 0.256 e. The Hall–Kier alpha value is -2.89. The van der Waals surface area contributed by atoms with Crippen LogP contribution in [0.2, 0.25) is 0 Å². The molecule has 27 heavy (non-hydrogen) atoms. The molecule has 0 aliphatic carbocycles. The smallest absolute Gasteiger partial charge is 0.256 e. The molecule has 0 aliphatic rings. The fourth-order valence-corrected chi connectivity index (χ4v) is 3.21. The van der Waals surface area contributed by atoms with Gasteiger partial charge < -0.3 is 10.1 Å². The van der Waals surface area contributed by atoms with Crippen LogP contribution in [0.4, 0.5) is 5.69 Å². The lowest BCUT2D eigenvalue weighted by Crippen LogP contribution is -2.16. The normalized spacial score (nSPS) is 11.7. The summed E-state index contributed by atoms with van der Waals surface area (Å²) in [6.45, 7) is 10.2. The summed E-state index contributed by atoms with van der Waals surface area (Å²) >= 11 is 0. The molecule has 2 aromatic heterocycles. The quantitative estimate of drug-likeness (QED) is 0.756. The van der Waals surface area contributed by atoms with Crippen molar-refractivity contribution in [3.63, 3.8) is 0 Å². The minimum Gasteiger partial charge on any atom is -0.495 e. The summed E-state index contributed by atoms with van der Waals surface area (Å²) in [7, 11) is 3.43. The largest absolute Gasteiger partial charge is 0.495 e. The zero-order valence-electron chi connectivity index (χ0n) is 17.0. The summed E-state index contributed by atoms with van der Waals surface area (Å²) < 4.78 is 7.15. The molecule has 6 nitrogen and oxygen atoms in total. The second-order valence-electron chi connectivity index (χ2n) is 7.84. The molecule has 0 spiro atoms. The first-order chi connectivity index (χ1) is 12.6. The van der Waals surface area contributed by atoms with E-state index in [0.29, 0.717) is 22.6 Å². The van der Waals surface area contributed by atoms with Gasteiger partial charge in [-0.15, -0.1) is 0 Å². The van der Waals surface area contributed by atoms with E-state index in [2.05, 4.69) is 36.2 Å². The number of nitrogens with zero attached hydrogens (tertiary/aromatic N) is 3. The average molecular weight is 366 g/mol. The third-order valence-electron chi connectivity index (χ3n) is 4.66. The number of anilines is 1. The first-order valence-corrected chi connectivity index (χ1v) is 8.92. The number of rotatable bonds is 3. The van der Waals surface area contributed by atoms with Crippen LogP contribution in [0.3, 0.4) is 0 Å².